The van der Waals surface area contributed by atoms with Crippen molar-refractivity contribution in [3.05, 3.63) is 0 Å². The minimum Gasteiger partial charge on any atom is -0.329 e. The van der Waals surface area contributed by atoms with Crippen LogP contribution in [-0.2, 0) is 16.1 Å². The fraction of sp³-hybridized carbons (Fsp3) is 0.750. The number of likely N-dealkylation sites (tertiary alicyclic amines) is 1. The maximum Gasteiger partial charge on any atom is 0.243 e. The van der Waals surface area contributed by atoms with E-state index in [0.717, 1.165) is 25.7 Å². The Morgan fingerprint density at radius 1 is 1.29 bits per heavy atom. The number of carbonyl (C=O) groups is 2. The average molecular weight is 310 g/mol. The van der Waals surface area contributed by atoms with Crippen molar-refractivity contribution in [2.24, 2.45) is 5.73 Å². The summed E-state index contributed by atoms with van der Waals surface area (Å²) in [7, 11) is 0. The summed E-state index contributed by atoms with van der Waals surface area (Å²) in [4.78, 5) is 26.1. The molecule has 1 aromatic rings. The molecule has 2 amide bonds. The highest BCUT2D eigenvalue weighted by Crippen LogP contribution is 2.34. The molecule has 9 heteroatoms. The van der Waals surface area contributed by atoms with Crippen LogP contribution in [0.1, 0.15) is 32.1 Å². The van der Waals surface area contributed by atoms with Crippen molar-refractivity contribution < 1.29 is 9.59 Å². The van der Waals surface area contributed by atoms with E-state index in [1.807, 2.05) is 0 Å². The third kappa shape index (κ3) is 2.80. The smallest absolute Gasteiger partial charge is 0.243 e. The zero-order valence-corrected chi connectivity index (χ0v) is 12.5. The Labute approximate surface area is 126 Å². The van der Waals surface area contributed by atoms with Crippen LogP contribution in [0.2, 0.25) is 0 Å². The molecule has 1 unspecified atom stereocenters. The van der Waals surface area contributed by atoms with Crippen LogP contribution < -0.4 is 5.73 Å². The summed E-state index contributed by atoms with van der Waals surface area (Å²) in [6.07, 6.45) is 4.28. The first-order valence-corrected chi connectivity index (χ1v) is 8.07. The molecule has 0 spiro atoms. The monoisotopic (exact) mass is 310 g/mol. The first-order chi connectivity index (χ1) is 10.2. The third-order valence-corrected chi connectivity index (χ3v) is 5.08. The van der Waals surface area contributed by atoms with E-state index in [2.05, 4.69) is 15.5 Å². The van der Waals surface area contributed by atoms with Gasteiger partial charge < -0.3 is 5.73 Å². The highest BCUT2D eigenvalue weighted by molar-refractivity contribution is 8.00. The Hall–Kier alpha value is -1.48. The largest absolute Gasteiger partial charge is 0.329 e. The Morgan fingerprint density at radius 2 is 2.05 bits per heavy atom. The van der Waals surface area contributed by atoms with E-state index in [9.17, 15) is 9.59 Å². The van der Waals surface area contributed by atoms with Crippen LogP contribution in [-0.4, -0.2) is 54.8 Å². The molecule has 1 aromatic heterocycles. The Morgan fingerprint density at radius 3 is 2.76 bits per heavy atom. The number of imide groups is 1. The number of amides is 2. The van der Waals surface area contributed by atoms with Crippen LogP contribution >= 0.6 is 11.8 Å². The van der Waals surface area contributed by atoms with Gasteiger partial charge in [0, 0.05) is 19.0 Å². The second kappa shape index (κ2) is 6.10. The minimum atomic E-state index is -0.416. The lowest BCUT2D eigenvalue weighted by Crippen LogP contribution is -2.39. The number of hydrogen-bond donors (Lipinski definition) is 1. The lowest BCUT2D eigenvalue weighted by Gasteiger charge is -2.21. The molecule has 1 aliphatic carbocycles. The van der Waals surface area contributed by atoms with E-state index in [-0.39, 0.29) is 24.3 Å². The third-order valence-electron chi connectivity index (χ3n) is 3.92. The SMILES string of the molecule is NCCn1nnnc1SC1CC(=O)N(C2CCCC2)C1=O. The average Bonchev–Trinajstić information content (AvgIpc) is 3.15. The highest BCUT2D eigenvalue weighted by atomic mass is 32.2. The van der Waals surface area contributed by atoms with Crippen molar-refractivity contribution >= 4 is 23.6 Å². The van der Waals surface area contributed by atoms with Crippen LogP contribution in [0.3, 0.4) is 0 Å². The van der Waals surface area contributed by atoms with Crippen LogP contribution in [0.5, 0.6) is 0 Å². The molecule has 1 saturated heterocycles. The first kappa shape index (κ1) is 14.5. The van der Waals surface area contributed by atoms with Gasteiger partial charge in [0.1, 0.15) is 5.25 Å². The van der Waals surface area contributed by atoms with Crippen LogP contribution in [0.15, 0.2) is 5.16 Å². The molecular weight excluding hydrogens is 292 g/mol. The fourth-order valence-corrected chi connectivity index (χ4v) is 3.96. The van der Waals surface area contributed by atoms with Gasteiger partial charge in [-0.2, -0.15) is 0 Å². The van der Waals surface area contributed by atoms with E-state index < -0.39 is 5.25 Å². The number of tetrazole rings is 1. The topological polar surface area (TPSA) is 107 Å². The molecule has 2 fully saturated rings. The molecule has 0 aromatic carbocycles. The van der Waals surface area contributed by atoms with E-state index in [1.54, 1.807) is 4.68 Å². The maximum atomic E-state index is 12.5. The second-order valence-electron chi connectivity index (χ2n) is 5.32. The van der Waals surface area contributed by atoms with Crippen molar-refractivity contribution in [3.8, 4) is 0 Å². The predicted octanol–water partition coefficient (Wildman–Crippen LogP) is -0.206. The summed E-state index contributed by atoms with van der Waals surface area (Å²) in [5.74, 6) is -0.165. The van der Waals surface area contributed by atoms with Crippen molar-refractivity contribution in [2.45, 2.75) is 55.1 Å². The zero-order valence-electron chi connectivity index (χ0n) is 11.6. The molecule has 8 nitrogen and oxygen atoms in total. The Bertz CT molecular complexity index is 542. The number of aromatic nitrogens is 4. The second-order valence-corrected chi connectivity index (χ2v) is 6.49. The van der Waals surface area contributed by atoms with Crippen molar-refractivity contribution in [1.82, 2.24) is 25.1 Å². The number of nitrogens with two attached hydrogens (primary N) is 1. The van der Waals surface area contributed by atoms with Gasteiger partial charge in [-0.25, -0.2) is 4.68 Å². The van der Waals surface area contributed by atoms with Gasteiger partial charge in [-0.05, 0) is 23.3 Å². The number of nitrogens with zero attached hydrogens (tertiary/aromatic N) is 5. The maximum absolute atomic E-state index is 12.5. The molecule has 2 N–H and O–H groups in total. The quantitative estimate of drug-likeness (QED) is 0.750. The summed E-state index contributed by atoms with van der Waals surface area (Å²) in [6.45, 7) is 0.918. The molecule has 3 rings (SSSR count). The molecule has 1 atom stereocenters. The summed E-state index contributed by atoms with van der Waals surface area (Å²) in [5.41, 5.74) is 5.50. The molecule has 21 heavy (non-hydrogen) atoms. The van der Waals surface area contributed by atoms with Gasteiger partial charge in [0.2, 0.25) is 17.0 Å². The van der Waals surface area contributed by atoms with Crippen LogP contribution in [0.25, 0.3) is 0 Å². The molecular formula is C12H18N6O2S. The molecule has 0 radical (unpaired) electrons. The molecule has 0 bridgehead atoms. The predicted molar refractivity (Wildman–Crippen MR) is 75.2 cm³/mol. The molecule has 1 aliphatic heterocycles. The number of carbonyl (C=O) groups excluding carboxylic acids is 2. The Kier molecular flexibility index (Phi) is 4.20. The molecule has 2 aliphatic rings. The molecule has 2 heterocycles. The summed E-state index contributed by atoms with van der Waals surface area (Å²) in [5, 5.41) is 11.5. The van der Waals surface area contributed by atoms with E-state index in [4.69, 9.17) is 5.73 Å². The van der Waals surface area contributed by atoms with Gasteiger partial charge >= 0.3 is 0 Å². The summed E-state index contributed by atoms with van der Waals surface area (Å²) >= 11 is 1.26. The van der Waals surface area contributed by atoms with Gasteiger partial charge in [-0.3, -0.25) is 14.5 Å². The normalized spacial score (nSPS) is 23.5. The molecule has 114 valence electrons. The van der Waals surface area contributed by atoms with Crippen molar-refractivity contribution in [2.75, 3.05) is 6.54 Å². The van der Waals surface area contributed by atoms with Gasteiger partial charge in [-0.15, -0.1) is 5.10 Å². The lowest BCUT2D eigenvalue weighted by atomic mass is 10.2. The number of thioether (sulfide) groups is 1. The van der Waals surface area contributed by atoms with Crippen molar-refractivity contribution in [1.29, 1.82) is 0 Å². The highest BCUT2D eigenvalue weighted by Gasteiger charge is 2.44. The van der Waals surface area contributed by atoms with E-state index >= 15 is 0 Å². The summed E-state index contributed by atoms with van der Waals surface area (Å²) < 4.78 is 1.57. The van der Waals surface area contributed by atoms with Crippen molar-refractivity contribution in [3.63, 3.8) is 0 Å². The van der Waals surface area contributed by atoms with E-state index in [0.29, 0.717) is 18.2 Å². The van der Waals surface area contributed by atoms with Crippen LogP contribution in [0, 0.1) is 0 Å². The minimum absolute atomic E-state index is 0.0674. The summed E-state index contributed by atoms with van der Waals surface area (Å²) in [6, 6.07) is 0.0932. The fourth-order valence-electron chi connectivity index (χ4n) is 2.93. The number of rotatable bonds is 5. The van der Waals surface area contributed by atoms with Gasteiger partial charge in [0.25, 0.3) is 0 Å². The van der Waals surface area contributed by atoms with Gasteiger partial charge in [0.05, 0.1) is 6.54 Å². The first-order valence-electron chi connectivity index (χ1n) is 7.19. The number of hydrogen-bond acceptors (Lipinski definition) is 7. The standard InChI is InChI=1S/C12H18N6O2S/c13-5-6-17-12(14-15-16-17)21-9-7-10(19)18(11(9)20)8-3-1-2-4-8/h8-9H,1-7,13H2. The van der Waals surface area contributed by atoms with E-state index in [1.165, 1.54) is 16.7 Å². The van der Waals surface area contributed by atoms with Crippen LogP contribution in [0.4, 0.5) is 0 Å². The van der Waals surface area contributed by atoms with Gasteiger partial charge in [0.15, 0.2) is 0 Å². The zero-order chi connectivity index (χ0) is 14.8. The lowest BCUT2D eigenvalue weighted by molar-refractivity contribution is -0.140. The van der Waals surface area contributed by atoms with Gasteiger partial charge in [-0.1, -0.05) is 24.6 Å². The Balaban J connectivity index is 1.70. The molecule has 1 saturated carbocycles.